The molecule has 3 N–H and O–H groups in total. The first-order chi connectivity index (χ1) is 8.27. The topological polar surface area (TPSA) is 38.0 Å². The maximum Gasteiger partial charge on any atom is 0.0346 e. The summed E-state index contributed by atoms with van der Waals surface area (Å²) in [6.45, 7) is 6.77. The fraction of sp³-hybridized carbons (Fsp3) is 0.600. The Kier molecular flexibility index (Phi) is 6.71. The fourth-order valence-electron chi connectivity index (χ4n) is 2.05. The molecule has 0 spiro atoms. The lowest BCUT2D eigenvalue weighted by Gasteiger charge is -2.13. The summed E-state index contributed by atoms with van der Waals surface area (Å²) in [5.41, 5.74) is 8.10. The molecule has 0 saturated heterocycles. The standard InChI is InChI=1S/C15H26N2/c1-3-13(4-2)12-17-11-7-9-14-8-5-6-10-15(14)16/h5-6,8,10,13,17H,3-4,7,9,11-12,16H2,1-2H3. The smallest absolute Gasteiger partial charge is 0.0346 e. The van der Waals surface area contributed by atoms with Gasteiger partial charge in [-0.3, -0.25) is 0 Å². The number of hydrogen-bond donors (Lipinski definition) is 2. The number of hydrogen-bond acceptors (Lipinski definition) is 2. The Labute approximate surface area is 106 Å². The maximum atomic E-state index is 5.91. The molecule has 0 amide bonds. The van der Waals surface area contributed by atoms with E-state index >= 15 is 0 Å². The van der Waals surface area contributed by atoms with Gasteiger partial charge < -0.3 is 11.1 Å². The van der Waals surface area contributed by atoms with E-state index in [4.69, 9.17) is 5.73 Å². The molecule has 0 radical (unpaired) electrons. The van der Waals surface area contributed by atoms with Gasteiger partial charge in [0.1, 0.15) is 0 Å². The van der Waals surface area contributed by atoms with E-state index in [2.05, 4.69) is 31.3 Å². The molecule has 2 heteroatoms. The highest BCUT2D eigenvalue weighted by Crippen LogP contribution is 2.12. The van der Waals surface area contributed by atoms with Gasteiger partial charge in [-0.1, -0.05) is 44.9 Å². The van der Waals surface area contributed by atoms with Crippen LogP contribution in [0.3, 0.4) is 0 Å². The summed E-state index contributed by atoms with van der Waals surface area (Å²) in [6.07, 6.45) is 4.78. The van der Waals surface area contributed by atoms with Gasteiger partial charge in [-0.25, -0.2) is 0 Å². The molecule has 0 bridgehead atoms. The Bertz CT molecular complexity index is 306. The van der Waals surface area contributed by atoms with E-state index in [0.717, 1.165) is 37.5 Å². The predicted molar refractivity (Wildman–Crippen MR) is 76.1 cm³/mol. The largest absolute Gasteiger partial charge is 0.399 e. The molecule has 2 nitrogen and oxygen atoms in total. The highest BCUT2D eigenvalue weighted by atomic mass is 14.8. The summed E-state index contributed by atoms with van der Waals surface area (Å²) >= 11 is 0. The molecule has 96 valence electrons. The molecular formula is C15H26N2. The Balaban J connectivity index is 2.14. The number of nitrogen functional groups attached to an aromatic ring is 1. The molecule has 0 atom stereocenters. The lowest BCUT2D eigenvalue weighted by atomic mass is 10.0. The van der Waals surface area contributed by atoms with Crippen LogP contribution in [0, 0.1) is 5.92 Å². The Morgan fingerprint density at radius 2 is 1.88 bits per heavy atom. The van der Waals surface area contributed by atoms with Gasteiger partial charge in [-0.05, 0) is 43.5 Å². The molecule has 0 aromatic heterocycles. The van der Waals surface area contributed by atoms with Crippen molar-refractivity contribution < 1.29 is 0 Å². The molecule has 0 saturated carbocycles. The van der Waals surface area contributed by atoms with Gasteiger partial charge in [-0.2, -0.15) is 0 Å². The molecule has 0 fully saturated rings. The minimum absolute atomic E-state index is 0.830. The number of aryl methyl sites for hydroxylation is 1. The van der Waals surface area contributed by atoms with E-state index in [1.54, 1.807) is 0 Å². The summed E-state index contributed by atoms with van der Waals surface area (Å²) in [4.78, 5) is 0. The van der Waals surface area contributed by atoms with E-state index in [1.165, 1.54) is 18.4 Å². The van der Waals surface area contributed by atoms with Gasteiger partial charge in [0, 0.05) is 5.69 Å². The second-order valence-corrected chi connectivity index (χ2v) is 4.69. The van der Waals surface area contributed by atoms with Gasteiger partial charge >= 0.3 is 0 Å². The fourth-order valence-corrected chi connectivity index (χ4v) is 2.05. The van der Waals surface area contributed by atoms with Gasteiger partial charge in [0.25, 0.3) is 0 Å². The lowest BCUT2D eigenvalue weighted by molar-refractivity contribution is 0.448. The average Bonchev–Trinajstić information content (AvgIpc) is 2.36. The van der Waals surface area contributed by atoms with Crippen molar-refractivity contribution in [2.24, 2.45) is 5.92 Å². The predicted octanol–water partition coefficient (Wildman–Crippen LogP) is 3.23. The first kappa shape index (κ1) is 14.0. The highest BCUT2D eigenvalue weighted by molar-refractivity contribution is 5.46. The van der Waals surface area contributed by atoms with Crippen LogP contribution in [0.25, 0.3) is 0 Å². The van der Waals surface area contributed by atoms with Gasteiger partial charge in [0.15, 0.2) is 0 Å². The van der Waals surface area contributed by atoms with E-state index in [1.807, 2.05) is 12.1 Å². The average molecular weight is 234 g/mol. The quantitative estimate of drug-likeness (QED) is 0.535. The second-order valence-electron chi connectivity index (χ2n) is 4.69. The number of rotatable bonds is 8. The Hall–Kier alpha value is -1.02. The van der Waals surface area contributed by atoms with Crippen molar-refractivity contribution in [3.8, 4) is 0 Å². The zero-order valence-corrected chi connectivity index (χ0v) is 11.2. The lowest BCUT2D eigenvalue weighted by Crippen LogP contribution is -2.23. The van der Waals surface area contributed by atoms with Crippen molar-refractivity contribution >= 4 is 5.69 Å². The van der Waals surface area contributed by atoms with Crippen LogP contribution in [0.1, 0.15) is 38.7 Å². The van der Waals surface area contributed by atoms with Crippen molar-refractivity contribution in [2.45, 2.75) is 39.5 Å². The van der Waals surface area contributed by atoms with Crippen molar-refractivity contribution in [3.05, 3.63) is 29.8 Å². The molecule has 0 heterocycles. The Morgan fingerprint density at radius 1 is 1.18 bits per heavy atom. The SMILES string of the molecule is CCC(CC)CNCCCc1ccccc1N. The summed E-state index contributed by atoms with van der Waals surface area (Å²) in [6, 6.07) is 8.15. The monoisotopic (exact) mass is 234 g/mol. The minimum atomic E-state index is 0.830. The number of anilines is 1. The van der Waals surface area contributed by atoms with E-state index in [-0.39, 0.29) is 0 Å². The van der Waals surface area contributed by atoms with Crippen LogP contribution in [-0.2, 0) is 6.42 Å². The van der Waals surface area contributed by atoms with Crippen LogP contribution < -0.4 is 11.1 Å². The Morgan fingerprint density at radius 3 is 2.53 bits per heavy atom. The molecular weight excluding hydrogens is 208 g/mol. The molecule has 0 aliphatic carbocycles. The second kappa shape index (κ2) is 8.13. The van der Waals surface area contributed by atoms with Crippen LogP contribution in [-0.4, -0.2) is 13.1 Å². The number of para-hydroxylation sites is 1. The van der Waals surface area contributed by atoms with Gasteiger partial charge in [0.05, 0.1) is 0 Å². The number of nitrogens with one attached hydrogen (secondary N) is 1. The third kappa shape index (κ3) is 5.22. The zero-order chi connectivity index (χ0) is 12.5. The molecule has 17 heavy (non-hydrogen) atoms. The third-order valence-corrected chi connectivity index (χ3v) is 3.44. The van der Waals surface area contributed by atoms with Crippen LogP contribution in [0.2, 0.25) is 0 Å². The zero-order valence-electron chi connectivity index (χ0n) is 11.2. The van der Waals surface area contributed by atoms with Crippen molar-refractivity contribution in [1.82, 2.24) is 5.32 Å². The van der Waals surface area contributed by atoms with E-state index in [9.17, 15) is 0 Å². The first-order valence-corrected chi connectivity index (χ1v) is 6.82. The van der Waals surface area contributed by atoms with Gasteiger partial charge in [-0.15, -0.1) is 0 Å². The molecule has 0 aliphatic rings. The molecule has 1 rings (SSSR count). The summed E-state index contributed by atoms with van der Waals surface area (Å²) < 4.78 is 0. The highest BCUT2D eigenvalue weighted by Gasteiger charge is 2.02. The van der Waals surface area contributed by atoms with Crippen molar-refractivity contribution in [2.75, 3.05) is 18.8 Å². The van der Waals surface area contributed by atoms with Crippen molar-refractivity contribution in [3.63, 3.8) is 0 Å². The van der Waals surface area contributed by atoms with Crippen LogP contribution in [0.15, 0.2) is 24.3 Å². The summed E-state index contributed by atoms with van der Waals surface area (Å²) in [5, 5.41) is 3.54. The van der Waals surface area contributed by atoms with E-state index < -0.39 is 0 Å². The van der Waals surface area contributed by atoms with Crippen LogP contribution in [0.4, 0.5) is 5.69 Å². The molecule has 0 unspecified atom stereocenters. The number of nitrogens with two attached hydrogens (primary N) is 1. The van der Waals surface area contributed by atoms with Crippen LogP contribution >= 0.6 is 0 Å². The normalized spacial score (nSPS) is 11.0. The minimum Gasteiger partial charge on any atom is -0.399 e. The molecule has 0 aliphatic heterocycles. The summed E-state index contributed by atoms with van der Waals surface area (Å²) in [7, 11) is 0. The van der Waals surface area contributed by atoms with Gasteiger partial charge in [0.2, 0.25) is 0 Å². The van der Waals surface area contributed by atoms with E-state index in [0.29, 0.717) is 0 Å². The molecule has 1 aromatic rings. The maximum absolute atomic E-state index is 5.91. The van der Waals surface area contributed by atoms with Crippen LogP contribution in [0.5, 0.6) is 0 Å². The van der Waals surface area contributed by atoms with Crippen molar-refractivity contribution in [1.29, 1.82) is 0 Å². The number of benzene rings is 1. The first-order valence-electron chi connectivity index (χ1n) is 6.82. The summed E-state index contributed by atoms with van der Waals surface area (Å²) in [5.74, 6) is 0.830. The molecule has 1 aromatic carbocycles. The third-order valence-electron chi connectivity index (χ3n) is 3.44.